The molecule has 3 N–H and O–H groups in total. The van der Waals surface area contributed by atoms with E-state index in [9.17, 15) is 4.39 Å². The molecule has 0 spiro atoms. The van der Waals surface area contributed by atoms with Gasteiger partial charge in [-0.1, -0.05) is 0 Å². The minimum atomic E-state index is -0.581. The van der Waals surface area contributed by atoms with Gasteiger partial charge >= 0.3 is 0 Å². The topological polar surface area (TPSA) is 96.8 Å². The van der Waals surface area contributed by atoms with E-state index in [0.29, 0.717) is 11.5 Å². The van der Waals surface area contributed by atoms with Gasteiger partial charge in [-0.15, -0.1) is 0 Å². The van der Waals surface area contributed by atoms with Gasteiger partial charge in [-0.2, -0.15) is 5.26 Å². The third-order valence-electron chi connectivity index (χ3n) is 2.39. The SMILES string of the molecule is COc1c(N)ncnc1Nc1ccc(F)c(C#N)c1. The molecule has 1 aromatic carbocycles. The molecule has 7 heteroatoms. The van der Waals surface area contributed by atoms with Crippen LogP contribution in [0.4, 0.5) is 21.7 Å². The van der Waals surface area contributed by atoms with Crippen molar-refractivity contribution in [2.24, 2.45) is 0 Å². The molecule has 2 rings (SSSR count). The number of anilines is 3. The van der Waals surface area contributed by atoms with Crippen molar-refractivity contribution >= 4 is 17.3 Å². The van der Waals surface area contributed by atoms with Gasteiger partial charge in [0.2, 0.25) is 5.75 Å². The standard InChI is InChI=1S/C12H10FN5O/c1-19-10-11(15)16-6-17-12(10)18-8-2-3-9(13)7(4-8)5-14/h2-4,6H,1H3,(H3,15,16,17,18). The Balaban J connectivity index is 2.37. The van der Waals surface area contributed by atoms with Gasteiger partial charge in [-0.05, 0) is 18.2 Å². The van der Waals surface area contributed by atoms with E-state index >= 15 is 0 Å². The fraction of sp³-hybridized carbons (Fsp3) is 0.0833. The van der Waals surface area contributed by atoms with Crippen LogP contribution in [0.3, 0.4) is 0 Å². The number of halogens is 1. The van der Waals surface area contributed by atoms with Crippen molar-refractivity contribution in [3.63, 3.8) is 0 Å². The highest BCUT2D eigenvalue weighted by molar-refractivity contribution is 5.68. The molecule has 0 unspecified atom stereocenters. The Hall–Kier alpha value is -2.88. The molecule has 1 aromatic heterocycles. The molecule has 0 saturated carbocycles. The second-order valence-electron chi connectivity index (χ2n) is 3.57. The molecular weight excluding hydrogens is 249 g/mol. The summed E-state index contributed by atoms with van der Waals surface area (Å²) < 4.78 is 18.3. The molecule has 1 heterocycles. The fourth-order valence-corrected chi connectivity index (χ4v) is 1.50. The predicted molar refractivity (Wildman–Crippen MR) is 67.4 cm³/mol. The summed E-state index contributed by atoms with van der Waals surface area (Å²) in [4.78, 5) is 7.77. The number of aromatic nitrogens is 2. The molecule has 0 radical (unpaired) electrons. The van der Waals surface area contributed by atoms with Crippen molar-refractivity contribution in [3.8, 4) is 11.8 Å². The molecule has 0 bridgehead atoms. The lowest BCUT2D eigenvalue weighted by atomic mass is 10.2. The Kier molecular flexibility index (Phi) is 3.43. The number of hydrogen-bond acceptors (Lipinski definition) is 6. The largest absolute Gasteiger partial charge is 0.490 e. The molecule has 0 saturated heterocycles. The van der Waals surface area contributed by atoms with E-state index in [1.807, 2.05) is 0 Å². The molecule has 0 aliphatic heterocycles. The van der Waals surface area contributed by atoms with Gasteiger partial charge < -0.3 is 15.8 Å². The molecule has 0 atom stereocenters. The minimum absolute atomic E-state index is 0.0639. The van der Waals surface area contributed by atoms with Crippen molar-refractivity contribution in [1.29, 1.82) is 5.26 Å². The molecule has 0 amide bonds. The summed E-state index contributed by atoms with van der Waals surface area (Å²) in [6.45, 7) is 0. The highest BCUT2D eigenvalue weighted by Gasteiger charge is 2.10. The Labute approximate surface area is 108 Å². The van der Waals surface area contributed by atoms with E-state index in [4.69, 9.17) is 15.7 Å². The van der Waals surface area contributed by atoms with Gasteiger partial charge in [0, 0.05) is 5.69 Å². The van der Waals surface area contributed by atoms with Crippen LogP contribution in [0.1, 0.15) is 5.56 Å². The number of benzene rings is 1. The van der Waals surface area contributed by atoms with Crippen molar-refractivity contribution in [2.45, 2.75) is 0 Å². The molecule has 0 aliphatic carbocycles. The van der Waals surface area contributed by atoms with Crippen LogP contribution in [0, 0.1) is 17.1 Å². The van der Waals surface area contributed by atoms with Gasteiger partial charge in [-0.25, -0.2) is 14.4 Å². The Morgan fingerprint density at radius 2 is 2.21 bits per heavy atom. The number of hydrogen-bond donors (Lipinski definition) is 2. The van der Waals surface area contributed by atoms with Gasteiger partial charge in [0.05, 0.1) is 12.7 Å². The number of methoxy groups -OCH3 is 1. The van der Waals surface area contributed by atoms with E-state index in [0.717, 1.165) is 0 Å². The Bertz CT molecular complexity index is 653. The maximum absolute atomic E-state index is 13.2. The highest BCUT2D eigenvalue weighted by Crippen LogP contribution is 2.29. The van der Waals surface area contributed by atoms with Crippen LogP contribution in [-0.2, 0) is 0 Å². The molecule has 96 valence electrons. The normalized spacial score (nSPS) is 9.74. The van der Waals surface area contributed by atoms with Gasteiger partial charge in [0.25, 0.3) is 0 Å². The number of nitrogens with two attached hydrogens (primary N) is 1. The van der Waals surface area contributed by atoms with Crippen LogP contribution in [0.25, 0.3) is 0 Å². The third-order valence-corrected chi connectivity index (χ3v) is 2.39. The third kappa shape index (κ3) is 2.52. The number of ether oxygens (including phenoxy) is 1. The van der Waals surface area contributed by atoms with Crippen LogP contribution >= 0.6 is 0 Å². The molecule has 6 nitrogen and oxygen atoms in total. The lowest BCUT2D eigenvalue weighted by Crippen LogP contribution is -2.03. The molecule has 2 aromatic rings. The summed E-state index contributed by atoms with van der Waals surface area (Å²) in [6, 6.07) is 5.80. The van der Waals surface area contributed by atoms with E-state index in [2.05, 4.69) is 15.3 Å². The Morgan fingerprint density at radius 3 is 2.89 bits per heavy atom. The lowest BCUT2D eigenvalue weighted by Gasteiger charge is -2.11. The molecular formula is C12H10FN5O. The summed E-state index contributed by atoms with van der Waals surface area (Å²) in [5.41, 5.74) is 6.07. The second kappa shape index (κ2) is 5.18. The summed E-state index contributed by atoms with van der Waals surface area (Å²) >= 11 is 0. The summed E-state index contributed by atoms with van der Waals surface area (Å²) in [5, 5.41) is 11.7. The number of nitrogen functional groups attached to an aromatic ring is 1. The van der Waals surface area contributed by atoms with Crippen molar-refractivity contribution in [3.05, 3.63) is 35.9 Å². The van der Waals surface area contributed by atoms with Gasteiger partial charge in [-0.3, -0.25) is 0 Å². The maximum atomic E-state index is 13.2. The first-order valence-corrected chi connectivity index (χ1v) is 5.27. The monoisotopic (exact) mass is 259 g/mol. The fourth-order valence-electron chi connectivity index (χ4n) is 1.50. The number of rotatable bonds is 3. The van der Waals surface area contributed by atoms with Gasteiger partial charge in [0.1, 0.15) is 18.2 Å². The van der Waals surface area contributed by atoms with Crippen LogP contribution < -0.4 is 15.8 Å². The van der Waals surface area contributed by atoms with Crippen LogP contribution in [0.2, 0.25) is 0 Å². The van der Waals surface area contributed by atoms with Gasteiger partial charge in [0.15, 0.2) is 11.6 Å². The maximum Gasteiger partial charge on any atom is 0.204 e. The van der Waals surface area contributed by atoms with E-state index in [-0.39, 0.29) is 17.1 Å². The first-order chi connectivity index (χ1) is 9.15. The first-order valence-electron chi connectivity index (χ1n) is 5.27. The summed E-state index contributed by atoms with van der Waals surface area (Å²) in [5.74, 6) is 0.223. The summed E-state index contributed by atoms with van der Waals surface area (Å²) in [7, 11) is 1.44. The average molecular weight is 259 g/mol. The van der Waals surface area contributed by atoms with Crippen LogP contribution in [0.5, 0.6) is 5.75 Å². The van der Waals surface area contributed by atoms with E-state index in [1.165, 1.54) is 31.6 Å². The minimum Gasteiger partial charge on any atom is -0.490 e. The predicted octanol–water partition coefficient (Wildman–Crippen LogP) is 1.82. The number of nitriles is 1. The van der Waals surface area contributed by atoms with Crippen LogP contribution in [0.15, 0.2) is 24.5 Å². The quantitative estimate of drug-likeness (QED) is 0.872. The van der Waals surface area contributed by atoms with Crippen molar-refractivity contribution in [1.82, 2.24) is 9.97 Å². The van der Waals surface area contributed by atoms with Crippen molar-refractivity contribution < 1.29 is 9.13 Å². The van der Waals surface area contributed by atoms with E-state index in [1.54, 1.807) is 6.07 Å². The molecule has 0 fully saturated rings. The zero-order valence-corrected chi connectivity index (χ0v) is 10.0. The average Bonchev–Trinajstić information content (AvgIpc) is 2.41. The highest BCUT2D eigenvalue weighted by atomic mass is 19.1. The van der Waals surface area contributed by atoms with Crippen LogP contribution in [-0.4, -0.2) is 17.1 Å². The smallest absolute Gasteiger partial charge is 0.204 e. The second-order valence-corrected chi connectivity index (χ2v) is 3.57. The van der Waals surface area contributed by atoms with E-state index < -0.39 is 5.82 Å². The van der Waals surface area contributed by atoms with Crippen molar-refractivity contribution in [2.75, 3.05) is 18.2 Å². The zero-order chi connectivity index (χ0) is 13.8. The summed E-state index contributed by atoms with van der Waals surface area (Å²) in [6.07, 6.45) is 1.27. The number of nitrogens with zero attached hydrogens (tertiary/aromatic N) is 3. The first kappa shape index (κ1) is 12.6. The zero-order valence-electron chi connectivity index (χ0n) is 10.0. The molecule has 0 aliphatic rings. The number of nitrogens with one attached hydrogen (secondary N) is 1. The lowest BCUT2D eigenvalue weighted by molar-refractivity contribution is 0.415. The Morgan fingerprint density at radius 1 is 1.42 bits per heavy atom. The molecule has 19 heavy (non-hydrogen) atoms.